The molecule has 0 aliphatic heterocycles. The molecule has 0 aromatic heterocycles. The van der Waals surface area contributed by atoms with Gasteiger partial charge in [-0.05, 0) is 30.2 Å². The summed E-state index contributed by atoms with van der Waals surface area (Å²) in [5.74, 6) is 0. The van der Waals surface area contributed by atoms with Gasteiger partial charge in [0.2, 0.25) is 0 Å². The van der Waals surface area contributed by atoms with Crippen LogP contribution in [0.2, 0.25) is 0 Å². The summed E-state index contributed by atoms with van der Waals surface area (Å²) in [4.78, 5) is 12.0. The lowest BCUT2D eigenvalue weighted by atomic mass is 9.64. The average molecular weight is 304 g/mol. The number of aliphatic hydroxyl groups excluding tert-OH is 1. The summed E-state index contributed by atoms with van der Waals surface area (Å²) >= 11 is 0. The molecule has 122 valence electrons. The zero-order valence-corrected chi connectivity index (χ0v) is 13.7. The van der Waals surface area contributed by atoms with Crippen LogP contribution in [-0.2, 0) is 5.41 Å². The van der Waals surface area contributed by atoms with Gasteiger partial charge in [-0.3, -0.25) is 0 Å². The molecule has 0 atom stereocenters. The molecule has 0 bridgehead atoms. The van der Waals surface area contributed by atoms with E-state index in [4.69, 9.17) is 5.11 Å². The minimum absolute atomic E-state index is 0.0837. The van der Waals surface area contributed by atoms with Gasteiger partial charge < -0.3 is 15.7 Å². The number of hydrogen-bond donors (Lipinski definition) is 3. The monoisotopic (exact) mass is 304 g/mol. The van der Waals surface area contributed by atoms with Crippen molar-refractivity contribution in [2.24, 2.45) is 5.41 Å². The number of rotatable bonds is 7. The highest BCUT2D eigenvalue weighted by Gasteiger charge is 2.38. The quantitative estimate of drug-likeness (QED) is 0.725. The highest BCUT2D eigenvalue weighted by atomic mass is 16.3. The van der Waals surface area contributed by atoms with Crippen LogP contribution in [0.3, 0.4) is 0 Å². The molecule has 1 aromatic carbocycles. The van der Waals surface area contributed by atoms with Crippen molar-refractivity contribution < 1.29 is 9.90 Å². The second-order valence-electron chi connectivity index (χ2n) is 7.17. The molecular formula is C18H28N2O2. The minimum atomic E-state index is -0.117. The normalized spacial score (nSPS) is 16.7. The first kappa shape index (κ1) is 16.8. The molecule has 3 N–H and O–H groups in total. The number of aliphatic hydroxyl groups is 1. The highest BCUT2D eigenvalue weighted by Crippen LogP contribution is 2.43. The van der Waals surface area contributed by atoms with Gasteiger partial charge in [-0.2, -0.15) is 0 Å². The van der Waals surface area contributed by atoms with Crippen LogP contribution in [0, 0.1) is 5.41 Å². The molecule has 22 heavy (non-hydrogen) atoms. The van der Waals surface area contributed by atoms with E-state index < -0.39 is 0 Å². The van der Waals surface area contributed by atoms with Crippen molar-refractivity contribution >= 4 is 6.03 Å². The third-order valence-electron chi connectivity index (χ3n) is 4.80. The molecular weight excluding hydrogens is 276 g/mol. The Morgan fingerprint density at radius 2 is 1.91 bits per heavy atom. The van der Waals surface area contributed by atoms with Crippen LogP contribution >= 0.6 is 0 Å². The smallest absolute Gasteiger partial charge is 0.314 e. The van der Waals surface area contributed by atoms with Crippen molar-refractivity contribution in [1.29, 1.82) is 0 Å². The first-order chi connectivity index (χ1) is 10.5. The second kappa shape index (κ2) is 7.14. The molecule has 0 saturated heterocycles. The Morgan fingerprint density at radius 3 is 2.45 bits per heavy atom. The van der Waals surface area contributed by atoms with Gasteiger partial charge in [-0.15, -0.1) is 0 Å². The Kier molecular flexibility index (Phi) is 5.46. The van der Waals surface area contributed by atoms with Crippen LogP contribution in [-0.4, -0.2) is 30.8 Å². The first-order valence-electron chi connectivity index (χ1n) is 8.16. The Balaban J connectivity index is 1.83. The third-order valence-corrected chi connectivity index (χ3v) is 4.80. The van der Waals surface area contributed by atoms with Crippen molar-refractivity contribution in [3.05, 3.63) is 35.9 Å². The number of nitrogens with one attached hydrogen (secondary N) is 2. The molecule has 0 unspecified atom stereocenters. The maximum atomic E-state index is 12.0. The van der Waals surface area contributed by atoms with E-state index in [9.17, 15) is 4.79 Å². The van der Waals surface area contributed by atoms with E-state index in [-0.39, 0.29) is 23.5 Å². The topological polar surface area (TPSA) is 61.4 Å². The Hall–Kier alpha value is -1.55. The van der Waals surface area contributed by atoms with Crippen LogP contribution in [0.25, 0.3) is 0 Å². The predicted octanol–water partition coefficient (Wildman–Crippen LogP) is 2.82. The van der Waals surface area contributed by atoms with E-state index >= 15 is 0 Å². The summed E-state index contributed by atoms with van der Waals surface area (Å²) < 4.78 is 0. The molecule has 0 radical (unpaired) electrons. The number of carbonyl (C=O) groups excluding carboxylic acids is 1. The van der Waals surface area contributed by atoms with Gasteiger partial charge >= 0.3 is 6.03 Å². The zero-order chi connectivity index (χ0) is 16.1. The van der Waals surface area contributed by atoms with Gasteiger partial charge in [0.05, 0.1) is 0 Å². The summed E-state index contributed by atoms with van der Waals surface area (Å²) in [6, 6.07) is 10.3. The summed E-state index contributed by atoms with van der Waals surface area (Å²) in [6.45, 7) is 5.48. The molecule has 2 amide bonds. The van der Waals surface area contributed by atoms with E-state index in [1.54, 1.807) is 0 Å². The lowest BCUT2D eigenvalue weighted by molar-refractivity contribution is 0.195. The molecule has 1 aliphatic rings. The molecule has 0 spiro atoms. The summed E-state index contributed by atoms with van der Waals surface area (Å²) in [5, 5.41) is 15.0. The number of hydrogen-bond acceptors (Lipinski definition) is 2. The molecule has 4 heteroatoms. The van der Waals surface area contributed by atoms with Gasteiger partial charge in [0.1, 0.15) is 0 Å². The maximum absolute atomic E-state index is 12.0. The average Bonchev–Trinajstić information content (AvgIpc) is 2.45. The number of carbonyl (C=O) groups is 1. The molecule has 1 fully saturated rings. The summed E-state index contributed by atoms with van der Waals surface area (Å²) in [5.41, 5.74) is 1.35. The van der Waals surface area contributed by atoms with Crippen LogP contribution in [0.15, 0.2) is 30.3 Å². The summed E-state index contributed by atoms with van der Waals surface area (Å²) in [6.07, 6.45) is 4.17. The van der Waals surface area contributed by atoms with Crippen LogP contribution < -0.4 is 10.6 Å². The van der Waals surface area contributed by atoms with E-state index in [0.29, 0.717) is 19.5 Å². The Bertz CT molecular complexity index is 481. The second-order valence-corrected chi connectivity index (χ2v) is 7.17. The van der Waals surface area contributed by atoms with Crippen LogP contribution in [0.1, 0.15) is 45.1 Å². The largest absolute Gasteiger partial charge is 0.396 e. The van der Waals surface area contributed by atoms with Crippen molar-refractivity contribution in [2.75, 3.05) is 19.7 Å². The Morgan fingerprint density at radius 1 is 1.23 bits per heavy atom. The maximum Gasteiger partial charge on any atom is 0.314 e. The Labute approximate surface area is 133 Å². The zero-order valence-electron chi connectivity index (χ0n) is 13.7. The molecule has 1 saturated carbocycles. The lowest BCUT2D eigenvalue weighted by Gasteiger charge is -2.42. The predicted molar refractivity (Wildman–Crippen MR) is 88.9 cm³/mol. The van der Waals surface area contributed by atoms with Crippen LogP contribution in [0.4, 0.5) is 4.79 Å². The van der Waals surface area contributed by atoms with Gasteiger partial charge in [-0.25, -0.2) is 4.79 Å². The van der Waals surface area contributed by atoms with E-state index in [2.05, 4.69) is 34.9 Å². The number of amides is 2. The molecule has 2 rings (SSSR count). The molecule has 0 heterocycles. The lowest BCUT2D eigenvalue weighted by Crippen LogP contribution is -2.49. The number of benzene rings is 1. The number of urea groups is 1. The van der Waals surface area contributed by atoms with Gasteiger partial charge in [0.15, 0.2) is 0 Å². The van der Waals surface area contributed by atoms with Gasteiger partial charge in [-0.1, -0.05) is 50.6 Å². The van der Waals surface area contributed by atoms with Crippen molar-refractivity contribution in [3.8, 4) is 0 Å². The van der Waals surface area contributed by atoms with Crippen molar-refractivity contribution in [3.63, 3.8) is 0 Å². The highest BCUT2D eigenvalue weighted by molar-refractivity contribution is 5.74. The van der Waals surface area contributed by atoms with Crippen LogP contribution in [0.5, 0.6) is 0 Å². The van der Waals surface area contributed by atoms with Gasteiger partial charge in [0.25, 0.3) is 0 Å². The SMILES string of the molecule is CC(C)(CCO)CNC(=O)NCC1(c2ccccc2)CCC1. The third kappa shape index (κ3) is 4.23. The molecule has 1 aliphatic carbocycles. The first-order valence-corrected chi connectivity index (χ1v) is 8.16. The molecule has 1 aromatic rings. The molecule has 4 nitrogen and oxygen atoms in total. The van der Waals surface area contributed by atoms with E-state index in [1.165, 1.54) is 12.0 Å². The fraction of sp³-hybridized carbons (Fsp3) is 0.611. The fourth-order valence-corrected chi connectivity index (χ4v) is 2.99. The minimum Gasteiger partial charge on any atom is -0.396 e. The summed E-state index contributed by atoms with van der Waals surface area (Å²) in [7, 11) is 0. The van der Waals surface area contributed by atoms with E-state index in [0.717, 1.165) is 12.8 Å². The van der Waals surface area contributed by atoms with Crippen molar-refractivity contribution in [2.45, 2.75) is 44.9 Å². The standard InChI is InChI=1S/C18H28N2O2/c1-17(2,11-12-21)13-19-16(22)20-14-18(9-6-10-18)15-7-4-3-5-8-15/h3-5,7-8,21H,6,9-14H2,1-2H3,(H2,19,20,22). The fourth-order valence-electron chi connectivity index (χ4n) is 2.99. The van der Waals surface area contributed by atoms with Gasteiger partial charge in [0, 0.05) is 25.1 Å². The van der Waals surface area contributed by atoms with E-state index in [1.807, 2.05) is 19.9 Å². The van der Waals surface area contributed by atoms with Crippen molar-refractivity contribution in [1.82, 2.24) is 10.6 Å².